The van der Waals surface area contributed by atoms with Gasteiger partial charge in [0.05, 0.1) is 25.8 Å². The van der Waals surface area contributed by atoms with Gasteiger partial charge in [-0.25, -0.2) is 9.37 Å². The molecule has 0 atom stereocenters. The van der Waals surface area contributed by atoms with E-state index in [4.69, 9.17) is 10.00 Å². The average molecular weight is 192 g/mol. The quantitative estimate of drug-likeness (QED) is 0.737. The Kier molecular flexibility index (Phi) is 3.62. The van der Waals surface area contributed by atoms with Crippen LogP contribution >= 0.6 is 0 Å². The van der Waals surface area contributed by atoms with Crippen LogP contribution in [0.5, 0.6) is 5.88 Å². The van der Waals surface area contributed by atoms with Crippen molar-refractivity contribution in [1.29, 1.82) is 5.26 Å². The highest BCUT2D eigenvalue weighted by Crippen LogP contribution is 2.17. The Bertz CT molecular complexity index is 382. The van der Waals surface area contributed by atoms with E-state index >= 15 is 0 Å². The first-order valence-electron chi connectivity index (χ1n) is 4.01. The van der Waals surface area contributed by atoms with Gasteiger partial charge in [-0.2, -0.15) is 5.26 Å². The first kappa shape index (κ1) is 10.2. The fourth-order valence-electron chi connectivity index (χ4n) is 0.971. The van der Waals surface area contributed by atoms with E-state index in [0.29, 0.717) is 11.4 Å². The molecule has 14 heavy (non-hydrogen) atoms. The number of nitrogens with zero attached hydrogens (tertiary/aromatic N) is 2. The summed E-state index contributed by atoms with van der Waals surface area (Å²) in [5.41, 5.74) is 0.530. The van der Waals surface area contributed by atoms with E-state index in [2.05, 4.69) is 4.98 Å². The molecule has 1 aromatic heterocycles. The van der Waals surface area contributed by atoms with Crippen molar-refractivity contribution >= 4 is 6.08 Å². The van der Waals surface area contributed by atoms with Crippen LogP contribution in [-0.4, -0.2) is 12.1 Å². The summed E-state index contributed by atoms with van der Waals surface area (Å²) in [6, 6.07) is 3.25. The smallest absolute Gasteiger partial charge is 0.220 e. The van der Waals surface area contributed by atoms with Crippen LogP contribution in [0.25, 0.3) is 6.08 Å². The van der Waals surface area contributed by atoms with Crippen molar-refractivity contribution < 1.29 is 9.13 Å². The maximum atomic E-state index is 12.8. The van der Waals surface area contributed by atoms with Crippen molar-refractivity contribution in [1.82, 2.24) is 4.98 Å². The van der Waals surface area contributed by atoms with E-state index in [1.807, 2.05) is 6.07 Å². The van der Waals surface area contributed by atoms with Gasteiger partial charge in [0.1, 0.15) is 5.82 Å². The summed E-state index contributed by atoms with van der Waals surface area (Å²) in [7, 11) is 1.46. The van der Waals surface area contributed by atoms with E-state index in [9.17, 15) is 4.39 Å². The SMILES string of the molecule is COc1ncc(F)cc1C=CCC#N. The molecular weight excluding hydrogens is 183 g/mol. The lowest BCUT2D eigenvalue weighted by Gasteiger charge is -2.02. The van der Waals surface area contributed by atoms with Crippen LogP contribution in [-0.2, 0) is 0 Å². The van der Waals surface area contributed by atoms with Crippen molar-refractivity contribution in [3.63, 3.8) is 0 Å². The van der Waals surface area contributed by atoms with E-state index in [-0.39, 0.29) is 6.42 Å². The molecule has 0 aromatic carbocycles. The van der Waals surface area contributed by atoms with Crippen LogP contribution < -0.4 is 4.74 Å². The Morgan fingerprint density at radius 2 is 2.50 bits per heavy atom. The molecule has 0 unspecified atom stereocenters. The third-order valence-corrected chi connectivity index (χ3v) is 1.55. The van der Waals surface area contributed by atoms with Gasteiger partial charge in [0.2, 0.25) is 5.88 Å². The third kappa shape index (κ3) is 2.56. The molecule has 0 spiro atoms. The lowest BCUT2D eigenvalue weighted by molar-refractivity contribution is 0.394. The number of rotatable bonds is 3. The summed E-state index contributed by atoms with van der Waals surface area (Å²) in [5.74, 6) is -0.0806. The Balaban J connectivity index is 2.94. The molecule has 0 aliphatic rings. The molecule has 1 aromatic rings. The molecule has 0 aliphatic heterocycles. The summed E-state index contributed by atoms with van der Waals surface area (Å²) >= 11 is 0. The second kappa shape index (κ2) is 4.97. The minimum absolute atomic E-state index is 0.277. The van der Waals surface area contributed by atoms with Crippen molar-refractivity contribution in [3.05, 3.63) is 29.7 Å². The molecule has 1 heterocycles. The lowest BCUT2D eigenvalue weighted by Crippen LogP contribution is -1.91. The second-order valence-corrected chi connectivity index (χ2v) is 2.52. The van der Waals surface area contributed by atoms with Crippen molar-refractivity contribution in [2.75, 3.05) is 7.11 Å². The van der Waals surface area contributed by atoms with Crippen molar-refractivity contribution in [2.45, 2.75) is 6.42 Å². The largest absolute Gasteiger partial charge is 0.481 e. The van der Waals surface area contributed by atoms with Gasteiger partial charge < -0.3 is 4.74 Å². The topological polar surface area (TPSA) is 45.9 Å². The molecule has 0 fully saturated rings. The zero-order valence-electron chi connectivity index (χ0n) is 7.70. The molecule has 4 heteroatoms. The molecule has 0 N–H and O–H groups in total. The molecule has 0 saturated heterocycles. The van der Waals surface area contributed by atoms with Gasteiger partial charge in [-0.1, -0.05) is 12.2 Å². The first-order valence-corrected chi connectivity index (χ1v) is 4.01. The maximum absolute atomic E-state index is 12.8. The monoisotopic (exact) mass is 192 g/mol. The van der Waals surface area contributed by atoms with Gasteiger partial charge in [-0.05, 0) is 6.07 Å². The maximum Gasteiger partial charge on any atom is 0.220 e. The minimum Gasteiger partial charge on any atom is -0.481 e. The average Bonchev–Trinajstić information content (AvgIpc) is 2.19. The normalized spacial score (nSPS) is 10.1. The summed E-state index contributed by atoms with van der Waals surface area (Å²) in [6.07, 6.45) is 4.59. The van der Waals surface area contributed by atoms with Crippen LogP contribution in [0.3, 0.4) is 0 Å². The minimum atomic E-state index is -0.428. The molecular formula is C10H9FN2O. The van der Waals surface area contributed by atoms with Crippen molar-refractivity contribution in [3.8, 4) is 11.9 Å². The van der Waals surface area contributed by atoms with Crippen LogP contribution in [0.4, 0.5) is 4.39 Å². The highest BCUT2D eigenvalue weighted by Gasteiger charge is 2.01. The first-order chi connectivity index (χ1) is 6.77. The molecule has 3 nitrogen and oxygen atoms in total. The number of ether oxygens (including phenoxy) is 1. The fourth-order valence-corrected chi connectivity index (χ4v) is 0.971. The molecule has 0 bridgehead atoms. The molecule has 0 saturated carbocycles. The molecule has 0 amide bonds. The van der Waals surface area contributed by atoms with Gasteiger partial charge in [-0.15, -0.1) is 0 Å². The fraction of sp³-hybridized carbons (Fsp3) is 0.200. The van der Waals surface area contributed by atoms with Crippen molar-refractivity contribution in [2.24, 2.45) is 0 Å². The summed E-state index contributed by atoms with van der Waals surface area (Å²) in [6.45, 7) is 0. The predicted molar refractivity (Wildman–Crippen MR) is 50.0 cm³/mol. The number of hydrogen-bond acceptors (Lipinski definition) is 3. The van der Waals surface area contributed by atoms with Crippen LogP contribution in [0.15, 0.2) is 18.3 Å². The number of aromatic nitrogens is 1. The molecule has 72 valence electrons. The number of hydrogen-bond donors (Lipinski definition) is 0. The summed E-state index contributed by atoms with van der Waals surface area (Å²) < 4.78 is 17.7. The third-order valence-electron chi connectivity index (χ3n) is 1.55. The van der Waals surface area contributed by atoms with Crippen LogP contribution in [0.2, 0.25) is 0 Å². The Hall–Kier alpha value is -1.89. The van der Waals surface area contributed by atoms with Gasteiger partial charge in [0.25, 0.3) is 0 Å². The van der Waals surface area contributed by atoms with Gasteiger partial charge in [0, 0.05) is 5.56 Å². The Morgan fingerprint density at radius 3 is 3.14 bits per heavy atom. The number of methoxy groups -OCH3 is 1. The van der Waals surface area contributed by atoms with Gasteiger partial charge in [-0.3, -0.25) is 0 Å². The van der Waals surface area contributed by atoms with E-state index in [1.54, 1.807) is 12.2 Å². The second-order valence-electron chi connectivity index (χ2n) is 2.52. The van der Waals surface area contributed by atoms with E-state index in [0.717, 1.165) is 6.20 Å². The lowest BCUT2D eigenvalue weighted by atomic mass is 10.2. The number of nitriles is 1. The number of allylic oxidation sites excluding steroid dienone is 1. The number of pyridine rings is 1. The van der Waals surface area contributed by atoms with Crippen LogP contribution in [0.1, 0.15) is 12.0 Å². The summed E-state index contributed by atoms with van der Waals surface area (Å²) in [5, 5.41) is 8.30. The van der Waals surface area contributed by atoms with Gasteiger partial charge in [0.15, 0.2) is 0 Å². The molecule has 0 aliphatic carbocycles. The predicted octanol–water partition coefficient (Wildman–Crippen LogP) is 2.16. The zero-order chi connectivity index (χ0) is 10.4. The van der Waals surface area contributed by atoms with E-state index < -0.39 is 5.82 Å². The zero-order valence-corrected chi connectivity index (χ0v) is 7.70. The highest BCUT2D eigenvalue weighted by atomic mass is 19.1. The molecule has 1 rings (SSSR count). The summed E-state index contributed by atoms with van der Waals surface area (Å²) in [4.78, 5) is 3.74. The van der Waals surface area contributed by atoms with Gasteiger partial charge >= 0.3 is 0 Å². The standard InChI is InChI=1S/C10H9FN2O/c1-14-10-8(4-2-3-5-12)6-9(11)7-13-10/h2,4,6-7H,3H2,1H3. The Morgan fingerprint density at radius 1 is 1.71 bits per heavy atom. The molecule has 0 radical (unpaired) electrons. The van der Waals surface area contributed by atoms with Crippen LogP contribution in [0, 0.1) is 17.1 Å². The highest BCUT2D eigenvalue weighted by molar-refractivity contribution is 5.54. The van der Waals surface area contributed by atoms with E-state index in [1.165, 1.54) is 13.2 Å². The number of halogens is 1. The Labute approximate surface area is 81.5 Å².